The Morgan fingerprint density at radius 3 is 2.42 bits per heavy atom. The van der Waals surface area contributed by atoms with Gasteiger partial charge in [0.15, 0.2) is 0 Å². The Morgan fingerprint density at radius 1 is 1.08 bits per heavy atom. The van der Waals surface area contributed by atoms with Crippen molar-refractivity contribution in [1.82, 2.24) is 15.1 Å². The number of piperazine rings is 1. The second-order valence-electron chi connectivity index (χ2n) is 8.03. The zero-order valence-electron chi connectivity index (χ0n) is 19.0. The number of hydrogen-bond acceptors (Lipinski definition) is 8. The Hall–Kier alpha value is -3.26. The molecule has 4 rings (SSSR count). The summed E-state index contributed by atoms with van der Waals surface area (Å²) in [5.74, 6) is 0.160. The Morgan fingerprint density at radius 2 is 1.78 bits per heavy atom. The molecule has 192 valence electrons. The van der Waals surface area contributed by atoms with Crippen LogP contribution in [-0.4, -0.2) is 67.6 Å². The molecule has 1 aliphatic heterocycles. The van der Waals surface area contributed by atoms with E-state index in [-0.39, 0.29) is 22.8 Å². The molecule has 0 unspecified atom stereocenters. The van der Waals surface area contributed by atoms with Gasteiger partial charge in [-0.15, -0.1) is 10.2 Å². The van der Waals surface area contributed by atoms with Crippen molar-refractivity contribution in [2.45, 2.75) is 11.4 Å². The first-order valence-corrected chi connectivity index (χ1v) is 13.6. The lowest BCUT2D eigenvalue weighted by Gasteiger charge is -2.36. The van der Waals surface area contributed by atoms with Gasteiger partial charge in [-0.25, -0.2) is 8.42 Å². The van der Waals surface area contributed by atoms with E-state index in [4.69, 9.17) is 4.42 Å². The standard InChI is InChI=1S/C22H22F3N5O4S2/c1-36(32,33)28-17-7-5-15(6-8-17)20-26-27-21(34-20)35-14-19(31)30-11-9-29(10-12-30)18-4-2-3-16(13-18)22(23,24)25/h2-8,13,28H,9-12,14H2,1H3. The van der Waals surface area contributed by atoms with Crippen LogP contribution < -0.4 is 9.62 Å². The van der Waals surface area contributed by atoms with E-state index < -0.39 is 21.8 Å². The lowest BCUT2D eigenvalue weighted by Crippen LogP contribution is -2.49. The number of alkyl halides is 3. The van der Waals surface area contributed by atoms with Gasteiger partial charge in [0.2, 0.25) is 21.8 Å². The maximum absolute atomic E-state index is 13.0. The van der Waals surface area contributed by atoms with Gasteiger partial charge in [-0.05, 0) is 42.5 Å². The van der Waals surface area contributed by atoms with Crippen molar-refractivity contribution in [3.63, 3.8) is 0 Å². The highest BCUT2D eigenvalue weighted by molar-refractivity contribution is 7.99. The summed E-state index contributed by atoms with van der Waals surface area (Å²) in [6, 6.07) is 11.6. The number of rotatable bonds is 7. The van der Waals surface area contributed by atoms with Crippen LogP contribution in [0.1, 0.15) is 5.56 Å². The highest BCUT2D eigenvalue weighted by Crippen LogP contribution is 2.32. The molecule has 1 amide bonds. The summed E-state index contributed by atoms with van der Waals surface area (Å²) in [7, 11) is -3.38. The number of thioether (sulfide) groups is 1. The summed E-state index contributed by atoms with van der Waals surface area (Å²) < 4.78 is 69.5. The van der Waals surface area contributed by atoms with Gasteiger partial charge < -0.3 is 14.2 Å². The highest BCUT2D eigenvalue weighted by atomic mass is 32.2. The average Bonchev–Trinajstić information content (AvgIpc) is 3.31. The molecule has 0 aliphatic carbocycles. The average molecular weight is 542 g/mol. The topological polar surface area (TPSA) is 109 Å². The van der Waals surface area contributed by atoms with Crippen LogP contribution >= 0.6 is 11.8 Å². The van der Waals surface area contributed by atoms with E-state index >= 15 is 0 Å². The van der Waals surface area contributed by atoms with Crippen LogP contribution in [0.25, 0.3) is 11.5 Å². The van der Waals surface area contributed by atoms with Crippen LogP contribution in [-0.2, 0) is 21.0 Å². The Balaban J connectivity index is 1.28. The van der Waals surface area contributed by atoms with E-state index in [2.05, 4.69) is 14.9 Å². The molecule has 3 aromatic rings. The van der Waals surface area contributed by atoms with E-state index in [1.54, 1.807) is 35.2 Å². The molecule has 1 saturated heterocycles. The van der Waals surface area contributed by atoms with Gasteiger partial charge in [-0.3, -0.25) is 9.52 Å². The molecule has 1 aromatic heterocycles. The molecule has 0 atom stereocenters. The summed E-state index contributed by atoms with van der Waals surface area (Å²) >= 11 is 1.09. The summed E-state index contributed by atoms with van der Waals surface area (Å²) in [4.78, 5) is 16.1. The SMILES string of the molecule is CS(=O)(=O)Nc1ccc(-c2nnc(SCC(=O)N3CCN(c4cccc(C(F)(F)F)c4)CC3)o2)cc1. The fourth-order valence-electron chi connectivity index (χ4n) is 3.59. The van der Waals surface area contributed by atoms with E-state index in [9.17, 15) is 26.4 Å². The van der Waals surface area contributed by atoms with Crippen LogP contribution in [0, 0.1) is 0 Å². The van der Waals surface area contributed by atoms with Crippen molar-refractivity contribution in [1.29, 1.82) is 0 Å². The number of aromatic nitrogens is 2. The normalized spacial score (nSPS) is 14.7. The Labute approximate surface area is 209 Å². The Bertz CT molecular complexity index is 1320. The zero-order chi connectivity index (χ0) is 25.9. The lowest BCUT2D eigenvalue weighted by molar-refractivity contribution is -0.137. The minimum Gasteiger partial charge on any atom is -0.411 e. The molecule has 2 heterocycles. The minimum atomic E-state index is -4.40. The lowest BCUT2D eigenvalue weighted by atomic mass is 10.1. The van der Waals surface area contributed by atoms with Crippen LogP contribution in [0.5, 0.6) is 0 Å². The second kappa shape index (κ2) is 10.4. The molecule has 0 saturated carbocycles. The molecule has 1 fully saturated rings. The maximum Gasteiger partial charge on any atom is 0.416 e. The maximum atomic E-state index is 13.0. The van der Waals surface area contributed by atoms with Crippen LogP contribution in [0.2, 0.25) is 0 Å². The van der Waals surface area contributed by atoms with Gasteiger partial charge in [-0.2, -0.15) is 13.2 Å². The summed E-state index contributed by atoms with van der Waals surface area (Å²) in [5, 5.41) is 8.10. The third-order valence-electron chi connectivity index (χ3n) is 5.33. The second-order valence-corrected chi connectivity index (χ2v) is 10.7. The number of amides is 1. The van der Waals surface area contributed by atoms with Crippen molar-refractivity contribution in [3.8, 4) is 11.5 Å². The third-order valence-corrected chi connectivity index (χ3v) is 6.74. The van der Waals surface area contributed by atoms with Gasteiger partial charge >= 0.3 is 6.18 Å². The van der Waals surface area contributed by atoms with Crippen LogP contribution in [0.4, 0.5) is 24.5 Å². The number of nitrogens with zero attached hydrogens (tertiary/aromatic N) is 4. The fraction of sp³-hybridized carbons (Fsp3) is 0.318. The summed E-state index contributed by atoms with van der Waals surface area (Å²) in [6.07, 6.45) is -3.35. The van der Waals surface area contributed by atoms with Gasteiger partial charge in [0.05, 0.1) is 17.6 Å². The first-order chi connectivity index (χ1) is 17.0. The molecular weight excluding hydrogens is 519 g/mol. The van der Waals surface area contributed by atoms with E-state index in [1.807, 2.05) is 4.90 Å². The van der Waals surface area contributed by atoms with Crippen molar-refractivity contribution in [3.05, 3.63) is 54.1 Å². The monoisotopic (exact) mass is 541 g/mol. The zero-order valence-corrected chi connectivity index (χ0v) is 20.7. The number of hydrogen-bond donors (Lipinski definition) is 1. The van der Waals surface area contributed by atoms with E-state index in [0.717, 1.165) is 30.2 Å². The molecule has 14 heteroatoms. The first-order valence-electron chi connectivity index (χ1n) is 10.7. The van der Waals surface area contributed by atoms with Gasteiger partial charge in [0, 0.05) is 43.1 Å². The van der Waals surface area contributed by atoms with Crippen molar-refractivity contribution < 1.29 is 30.8 Å². The number of carbonyl (C=O) groups excluding carboxylic acids is 1. The molecule has 0 bridgehead atoms. The van der Waals surface area contributed by atoms with Crippen molar-refractivity contribution in [2.24, 2.45) is 0 Å². The third kappa shape index (κ3) is 6.69. The number of carbonyl (C=O) groups is 1. The molecule has 2 aromatic carbocycles. The predicted molar refractivity (Wildman–Crippen MR) is 129 cm³/mol. The van der Waals surface area contributed by atoms with Gasteiger partial charge in [-0.1, -0.05) is 17.8 Å². The van der Waals surface area contributed by atoms with Crippen molar-refractivity contribution >= 4 is 39.1 Å². The van der Waals surface area contributed by atoms with Crippen LogP contribution in [0.3, 0.4) is 0 Å². The van der Waals surface area contributed by atoms with Gasteiger partial charge in [0.25, 0.3) is 5.22 Å². The van der Waals surface area contributed by atoms with Crippen molar-refractivity contribution in [2.75, 3.05) is 47.8 Å². The molecule has 0 radical (unpaired) electrons. The first kappa shape index (κ1) is 25.8. The number of anilines is 2. The van der Waals surface area contributed by atoms with Gasteiger partial charge in [0.1, 0.15) is 0 Å². The molecular formula is C22H22F3N5O4S2. The van der Waals surface area contributed by atoms with E-state index in [0.29, 0.717) is 43.1 Å². The smallest absolute Gasteiger partial charge is 0.411 e. The van der Waals surface area contributed by atoms with E-state index in [1.165, 1.54) is 6.07 Å². The fourth-order valence-corrected chi connectivity index (χ4v) is 4.82. The molecule has 0 spiro atoms. The molecule has 9 nitrogen and oxygen atoms in total. The number of benzene rings is 2. The largest absolute Gasteiger partial charge is 0.416 e. The predicted octanol–water partition coefficient (Wildman–Crippen LogP) is 3.57. The number of sulfonamides is 1. The Kier molecular flexibility index (Phi) is 7.45. The molecule has 36 heavy (non-hydrogen) atoms. The summed E-state index contributed by atoms with van der Waals surface area (Å²) in [5.41, 5.74) is 0.764. The molecule has 1 N–H and O–H groups in total. The minimum absolute atomic E-state index is 0.0718. The summed E-state index contributed by atoms with van der Waals surface area (Å²) in [6.45, 7) is 1.62. The highest BCUT2D eigenvalue weighted by Gasteiger charge is 2.31. The number of nitrogens with one attached hydrogen (secondary N) is 1. The quantitative estimate of drug-likeness (QED) is 0.453. The molecule has 1 aliphatic rings. The number of halogens is 3. The van der Waals surface area contributed by atoms with Crippen LogP contribution in [0.15, 0.2) is 58.2 Å².